The van der Waals surface area contributed by atoms with Crippen LogP contribution in [0, 0.1) is 0 Å². The van der Waals surface area contributed by atoms with E-state index < -0.39 is 12.3 Å². The normalized spacial score (nSPS) is 11.1. The number of hydrogen-bond acceptors (Lipinski definition) is 5. The number of nitrogens with zero attached hydrogens (tertiary/aromatic N) is 1. The molecule has 2 rings (SSSR count). The average Bonchev–Trinajstić information content (AvgIpc) is 2.46. The van der Waals surface area contributed by atoms with E-state index in [0.717, 1.165) is 12.1 Å². The molecule has 5 nitrogen and oxygen atoms in total. The first-order valence-electron chi connectivity index (χ1n) is 6.00. The maximum atomic E-state index is 12.1. The number of halogens is 3. The number of aromatic nitrogens is 1. The van der Waals surface area contributed by atoms with E-state index in [-0.39, 0.29) is 17.0 Å². The molecule has 0 aliphatic carbocycles. The Kier molecular flexibility index (Phi) is 4.20. The summed E-state index contributed by atoms with van der Waals surface area (Å²) in [6.07, 6.45) is -3.47. The zero-order valence-corrected chi connectivity index (χ0v) is 11.3. The molecule has 1 aromatic heterocycles. The lowest BCUT2D eigenvalue weighted by atomic mass is 10.1. The lowest BCUT2D eigenvalue weighted by Crippen LogP contribution is -2.16. The van der Waals surface area contributed by atoms with Crippen molar-refractivity contribution in [3.63, 3.8) is 0 Å². The topological polar surface area (TPSA) is 74.4 Å². The number of benzene rings is 1. The van der Waals surface area contributed by atoms with Crippen molar-refractivity contribution in [2.24, 2.45) is 0 Å². The zero-order chi connectivity index (χ0) is 16.3. The van der Waals surface area contributed by atoms with Gasteiger partial charge in [0.05, 0.1) is 30.3 Å². The first-order chi connectivity index (χ1) is 10.3. The monoisotopic (exact) mass is 312 g/mol. The van der Waals surface area contributed by atoms with Gasteiger partial charge in [-0.1, -0.05) is 0 Å². The number of ether oxygens (including phenoxy) is 2. The van der Waals surface area contributed by atoms with Crippen molar-refractivity contribution in [1.82, 2.24) is 4.98 Å². The molecular weight excluding hydrogens is 301 g/mol. The lowest BCUT2D eigenvalue weighted by Gasteiger charge is -2.10. The Morgan fingerprint density at radius 2 is 1.86 bits per heavy atom. The Morgan fingerprint density at radius 1 is 1.23 bits per heavy atom. The Balaban J connectivity index is 2.31. The molecule has 0 fully saturated rings. The molecule has 0 bridgehead atoms. The van der Waals surface area contributed by atoms with Crippen LogP contribution in [0.1, 0.15) is 10.4 Å². The second-order valence-corrected chi connectivity index (χ2v) is 4.22. The Bertz CT molecular complexity index is 685. The fourth-order valence-electron chi connectivity index (χ4n) is 1.74. The summed E-state index contributed by atoms with van der Waals surface area (Å²) < 4.78 is 44.6. The summed E-state index contributed by atoms with van der Waals surface area (Å²) in [4.78, 5) is 15.6. The highest BCUT2D eigenvalue weighted by Gasteiger charge is 2.31. The van der Waals surface area contributed by atoms with Gasteiger partial charge in [-0.2, -0.15) is 0 Å². The summed E-state index contributed by atoms with van der Waals surface area (Å²) >= 11 is 0. The number of carbonyl (C=O) groups is 1. The van der Waals surface area contributed by atoms with Crippen LogP contribution >= 0.6 is 0 Å². The van der Waals surface area contributed by atoms with E-state index in [2.05, 4.69) is 14.5 Å². The largest absolute Gasteiger partial charge is 0.573 e. The minimum atomic E-state index is -4.75. The molecule has 0 atom stereocenters. The average molecular weight is 312 g/mol. The van der Waals surface area contributed by atoms with Crippen LogP contribution in [0.4, 0.5) is 18.9 Å². The van der Waals surface area contributed by atoms with E-state index in [0.29, 0.717) is 11.3 Å². The predicted molar refractivity (Wildman–Crippen MR) is 72.1 cm³/mol. The Labute approximate surface area is 123 Å². The van der Waals surface area contributed by atoms with Gasteiger partial charge < -0.3 is 15.2 Å². The van der Waals surface area contributed by atoms with Gasteiger partial charge in [-0.25, -0.2) is 4.79 Å². The number of rotatable bonds is 3. The van der Waals surface area contributed by atoms with Gasteiger partial charge in [0.25, 0.3) is 0 Å². The van der Waals surface area contributed by atoms with Crippen LogP contribution in [-0.4, -0.2) is 24.4 Å². The first kappa shape index (κ1) is 15.6. The number of nitrogens with two attached hydrogens (primary N) is 1. The summed E-state index contributed by atoms with van der Waals surface area (Å²) in [5.41, 5.74) is 6.77. The minimum Gasteiger partial charge on any atom is -0.465 e. The highest BCUT2D eigenvalue weighted by Crippen LogP contribution is 2.27. The molecule has 8 heteroatoms. The summed E-state index contributed by atoms with van der Waals surface area (Å²) in [5.74, 6) is -0.974. The summed E-state index contributed by atoms with van der Waals surface area (Å²) in [6.45, 7) is 0. The zero-order valence-electron chi connectivity index (χ0n) is 11.3. The molecule has 116 valence electrons. The third kappa shape index (κ3) is 3.66. The smallest absolute Gasteiger partial charge is 0.465 e. The summed E-state index contributed by atoms with van der Waals surface area (Å²) in [5, 5.41) is 0. The van der Waals surface area contributed by atoms with Crippen LogP contribution in [0.5, 0.6) is 5.75 Å². The predicted octanol–water partition coefficient (Wildman–Crippen LogP) is 3.02. The van der Waals surface area contributed by atoms with Crippen molar-refractivity contribution >= 4 is 11.7 Å². The van der Waals surface area contributed by atoms with E-state index in [4.69, 9.17) is 5.73 Å². The molecule has 22 heavy (non-hydrogen) atoms. The second-order valence-electron chi connectivity index (χ2n) is 4.22. The minimum absolute atomic E-state index is 0.128. The molecule has 1 heterocycles. The Hall–Kier alpha value is -2.77. The number of hydrogen-bond donors (Lipinski definition) is 1. The molecule has 2 N–H and O–H groups in total. The van der Waals surface area contributed by atoms with Gasteiger partial charge in [-0.3, -0.25) is 4.98 Å². The number of methoxy groups -OCH3 is 1. The van der Waals surface area contributed by atoms with Crippen LogP contribution < -0.4 is 10.5 Å². The molecule has 0 spiro atoms. The third-order valence-corrected chi connectivity index (χ3v) is 2.72. The highest BCUT2D eigenvalue weighted by molar-refractivity contribution is 5.95. The molecule has 0 amide bonds. The van der Waals surface area contributed by atoms with E-state index in [1.807, 2.05) is 0 Å². The first-order valence-corrected chi connectivity index (χ1v) is 6.00. The number of alkyl halides is 3. The van der Waals surface area contributed by atoms with Crippen molar-refractivity contribution in [3.05, 3.63) is 42.1 Å². The van der Waals surface area contributed by atoms with Crippen molar-refractivity contribution in [2.75, 3.05) is 12.8 Å². The van der Waals surface area contributed by atoms with Gasteiger partial charge in [0.2, 0.25) is 0 Å². The SMILES string of the molecule is COC(=O)c1cc(-c2ccc(OC(F)(F)F)cc2)ncc1N. The molecular formula is C14H11F3N2O3. The van der Waals surface area contributed by atoms with Gasteiger partial charge in [-0.05, 0) is 30.3 Å². The quantitative estimate of drug-likeness (QED) is 0.882. The van der Waals surface area contributed by atoms with E-state index in [1.54, 1.807) is 0 Å². The van der Waals surface area contributed by atoms with Crippen molar-refractivity contribution < 1.29 is 27.4 Å². The highest BCUT2D eigenvalue weighted by atomic mass is 19.4. The number of nitrogen functional groups attached to an aromatic ring is 1. The molecule has 1 aromatic carbocycles. The summed E-state index contributed by atoms with van der Waals surface area (Å²) in [6, 6.07) is 6.49. The van der Waals surface area contributed by atoms with Crippen LogP contribution in [0.15, 0.2) is 36.5 Å². The molecule has 0 aliphatic heterocycles. The van der Waals surface area contributed by atoms with Crippen LogP contribution in [-0.2, 0) is 4.74 Å². The molecule has 0 unspecified atom stereocenters. The maximum absolute atomic E-state index is 12.1. The van der Waals surface area contributed by atoms with E-state index in [1.165, 1.54) is 31.5 Å². The third-order valence-electron chi connectivity index (χ3n) is 2.72. The van der Waals surface area contributed by atoms with Gasteiger partial charge in [0.15, 0.2) is 0 Å². The number of pyridine rings is 1. The van der Waals surface area contributed by atoms with Crippen molar-refractivity contribution in [2.45, 2.75) is 6.36 Å². The number of anilines is 1. The van der Waals surface area contributed by atoms with E-state index >= 15 is 0 Å². The molecule has 0 saturated heterocycles. The number of esters is 1. The molecule has 0 radical (unpaired) electrons. The van der Waals surface area contributed by atoms with Crippen LogP contribution in [0.3, 0.4) is 0 Å². The fraction of sp³-hybridized carbons (Fsp3) is 0.143. The molecule has 2 aromatic rings. The van der Waals surface area contributed by atoms with E-state index in [9.17, 15) is 18.0 Å². The molecule has 0 aliphatic rings. The second kappa shape index (κ2) is 5.92. The fourth-order valence-corrected chi connectivity index (χ4v) is 1.74. The van der Waals surface area contributed by atoms with Gasteiger partial charge >= 0.3 is 12.3 Å². The van der Waals surface area contributed by atoms with Crippen molar-refractivity contribution in [1.29, 1.82) is 0 Å². The van der Waals surface area contributed by atoms with Crippen LogP contribution in [0.25, 0.3) is 11.3 Å². The standard InChI is InChI=1S/C14H11F3N2O3/c1-21-13(20)10-6-12(19-7-11(10)18)8-2-4-9(5-3-8)22-14(15,16)17/h2-7H,18H2,1H3. The van der Waals surface area contributed by atoms with Gasteiger partial charge in [0.1, 0.15) is 5.75 Å². The molecule has 0 saturated carbocycles. The van der Waals surface area contributed by atoms with Crippen LogP contribution in [0.2, 0.25) is 0 Å². The lowest BCUT2D eigenvalue weighted by molar-refractivity contribution is -0.274. The Morgan fingerprint density at radius 3 is 2.41 bits per heavy atom. The number of carbonyl (C=O) groups excluding carboxylic acids is 1. The van der Waals surface area contributed by atoms with Gasteiger partial charge in [0, 0.05) is 5.56 Å². The van der Waals surface area contributed by atoms with Crippen molar-refractivity contribution in [3.8, 4) is 17.0 Å². The summed E-state index contributed by atoms with van der Waals surface area (Å²) in [7, 11) is 1.21. The van der Waals surface area contributed by atoms with Gasteiger partial charge in [-0.15, -0.1) is 13.2 Å². The maximum Gasteiger partial charge on any atom is 0.573 e.